The summed E-state index contributed by atoms with van der Waals surface area (Å²) >= 11 is 0. The zero-order valence-corrected chi connectivity index (χ0v) is 17.2. The van der Waals surface area contributed by atoms with Gasteiger partial charge in [-0.05, 0) is 49.4 Å². The van der Waals surface area contributed by atoms with Crippen LogP contribution >= 0.6 is 0 Å². The lowest BCUT2D eigenvalue weighted by Crippen LogP contribution is -2.48. The molecule has 1 N–H and O–H groups in total. The summed E-state index contributed by atoms with van der Waals surface area (Å²) in [4.78, 5) is 24.5. The number of hydrogen-bond acceptors (Lipinski definition) is 5. The van der Waals surface area contributed by atoms with Crippen molar-refractivity contribution in [3.8, 4) is 0 Å². The standard InChI is InChI=1S/C19H27FN2O5S/c1-13(2)12-17(19(24)27-3)21-18(23)14-8-10-22(11-9-14)28(25,26)16-6-4-15(20)5-7-16/h4-7,13-14,17H,8-12H2,1-3H3,(H,21,23)/t17-/m1/s1. The summed E-state index contributed by atoms with van der Waals surface area (Å²) in [6.07, 6.45) is 1.17. The van der Waals surface area contributed by atoms with E-state index in [9.17, 15) is 22.4 Å². The molecule has 0 aliphatic carbocycles. The number of halogens is 1. The van der Waals surface area contributed by atoms with Crippen LogP contribution in [0.2, 0.25) is 0 Å². The number of carbonyl (C=O) groups is 2. The van der Waals surface area contributed by atoms with Crippen LogP contribution in [0.5, 0.6) is 0 Å². The number of methoxy groups -OCH3 is 1. The second-order valence-corrected chi connectivity index (χ2v) is 9.28. The number of nitrogens with zero attached hydrogens (tertiary/aromatic N) is 1. The van der Waals surface area contributed by atoms with E-state index >= 15 is 0 Å². The largest absolute Gasteiger partial charge is 0.467 e. The Bertz CT molecular complexity index is 787. The van der Waals surface area contributed by atoms with Gasteiger partial charge in [0, 0.05) is 19.0 Å². The number of amides is 1. The normalized spacial score (nSPS) is 17.3. The fourth-order valence-corrected chi connectivity index (χ4v) is 4.70. The maximum atomic E-state index is 13.0. The van der Waals surface area contributed by atoms with Crippen molar-refractivity contribution in [1.29, 1.82) is 0 Å². The van der Waals surface area contributed by atoms with Crippen molar-refractivity contribution < 1.29 is 27.1 Å². The molecular weight excluding hydrogens is 387 g/mol. The van der Waals surface area contributed by atoms with E-state index in [0.29, 0.717) is 19.3 Å². The Morgan fingerprint density at radius 1 is 1.21 bits per heavy atom. The average molecular weight is 414 g/mol. The number of piperidine rings is 1. The molecule has 1 atom stereocenters. The number of nitrogens with one attached hydrogen (secondary N) is 1. The van der Waals surface area contributed by atoms with Gasteiger partial charge in [-0.1, -0.05) is 13.8 Å². The van der Waals surface area contributed by atoms with Crippen LogP contribution in [0.15, 0.2) is 29.2 Å². The van der Waals surface area contributed by atoms with Gasteiger partial charge in [-0.3, -0.25) is 4.79 Å². The van der Waals surface area contributed by atoms with Crippen molar-refractivity contribution in [2.75, 3.05) is 20.2 Å². The van der Waals surface area contributed by atoms with Crippen LogP contribution in [-0.4, -0.2) is 50.8 Å². The fourth-order valence-electron chi connectivity index (χ4n) is 3.23. The summed E-state index contributed by atoms with van der Waals surface area (Å²) in [5.74, 6) is -1.43. The summed E-state index contributed by atoms with van der Waals surface area (Å²) in [5.41, 5.74) is 0. The second kappa shape index (κ2) is 9.47. The molecule has 1 amide bonds. The third kappa shape index (κ3) is 5.51. The highest BCUT2D eigenvalue weighted by Crippen LogP contribution is 2.24. The molecule has 1 aromatic rings. The van der Waals surface area contributed by atoms with Crippen molar-refractivity contribution in [3.63, 3.8) is 0 Å². The maximum absolute atomic E-state index is 13.0. The minimum atomic E-state index is -3.72. The Balaban J connectivity index is 1.97. The van der Waals surface area contributed by atoms with Gasteiger partial charge in [0.2, 0.25) is 15.9 Å². The Morgan fingerprint density at radius 2 is 1.79 bits per heavy atom. The van der Waals surface area contributed by atoms with Crippen LogP contribution in [0.25, 0.3) is 0 Å². The molecule has 0 radical (unpaired) electrons. The van der Waals surface area contributed by atoms with Crippen molar-refractivity contribution in [3.05, 3.63) is 30.1 Å². The summed E-state index contributed by atoms with van der Waals surface area (Å²) in [6.45, 7) is 4.26. The number of carbonyl (C=O) groups excluding carboxylic acids is 2. The maximum Gasteiger partial charge on any atom is 0.328 e. The first kappa shape index (κ1) is 22.3. The van der Waals surface area contributed by atoms with E-state index < -0.39 is 27.9 Å². The predicted molar refractivity (Wildman–Crippen MR) is 101 cm³/mol. The monoisotopic (exact) mass is 414 g/mol. The zero-order chi connectivity index (χ0) is 20.9. The van der Waals surface area contributed by atoms with Crippen molar-refractivity contribution in [1.82, 2.24) is 9.62 Å². The summed E-state index contributed by atoms with van der Waals surface area (Å²) in [5, 5.41) is 2.74. The first-order valence-corrected chi connectivity index (χ1v) is 10.7. The first-order valence-electron chi connectivity index (χ1n) is 9.29. The highest BCUT2D eigenvalue weighted by atomic mass is 32.2. The molecule has 1 aliphatic heterocycles. The second-order valence-electron chi connectivity index (χ2n) is 7.35. The molecule has 1 saturated heterocycles. The third-order valence-corrected chi connectivity index (χ3v) is 6.70. The van der Waals surface area contributed by atoms with Gasteiger partial charge in [-0.25, -0.2) is 17.6 Å². The molecule has 0 bridgehead atoms. The predicted octanol–water partition coefficient (Wildman–Crippen LogP) is 1.93. The quantitative estimate of drug-likeness (QED) is 0.688. The van der Waals surface area contributed by atoms with Crippen molar-refractivity contribution >= 4 is 21.9 Å². The van der Waals surface area contributed by atoms with Crippen LogP contribution in [0, 0.1) is 17.7 Å². The van der Waals surface area contributed by atoms with E-state index in [0.717, 1.165) is 12.1 Å². The van der Waals surface area contributed by atoms with Crippen LogP contribution in [0.4, 0.5) is 4.39 Å². The molecule has 0 spiro atoms. The Hall–Kier alpha value is -2.00. The molecule has 1 aromatic carbocycles. The number of sulfonamides is 1. The zero-order valence-electron chi connectivity index (χ0n) is 16.4. The first-order chi connectivity index (χ1) is 13.1. The van der Waals surface area contributed by atoms with E-state index in [1.165, 1.54) is 23.5 Å². The van der Waals surface area contributed by atoms with E-state index in [1.54, 1.807) is 0 Å². The van der Waals surface area contributed by atoms with Gasteiger partial charge in [-0.15, -0.1) is 0 Å². The molecule has 156 valence electrons. The number of benzene rings is 1. The van der Waals surface area contributed by atoms with Gasteiger partial charge >= 0.3 is 5.97 Å². The SMILES string of the molecule is COC(=O)[C@@H](CC(C)C)NC(=O)C1CCN(S(=O)(=O)c2ccc(F)cc2)CC1. The van der Waals surface area contributed by atoms with Gasteiger partial charge in [-0.2, -0.15) is 4.31 Å². The van der Waals surface area contributed by atoms with Crippen LogP contribution in [0.3, 0.4) is 0 Å². The van der Waals surface area contributed by atoms with E-state index in [1.807, 2.05) is 13.8 Å². The molecule has 7 nitrogen and oxygen atoms in total. The molecule has 0 unspecified atom stereocenters. The molecule has 1 fully saturated rings. The Morgan fingerprint density at radius 3 is 2.29 bits per heavy atom. The minimum Gasteiger partial charge on any atom is -0.467 e. The van der Waals surface area contributed by atoms with Crippen molar-refractivity contribution in [2.24, 2.45) is 11.8 Å². The molecule has 0 aromatic heterocycles. The molecule has 9 heteroatoms. The van der Waals surface area contributed by atoms with E-state index in [-0.39, 0.29) is 35.7 Å². The van der Waals surface area contributed by atoms with Gasteiger partial charge < -0.3 is 10.1 Å². The highest BCUT2D eigenvalue weighted by Gasteiger charge is 2.33. The van der Waals surface area contributed by atoms with Gasteiger partial charge in [0.05, 0.1) is 12.0 Å². The highest BCUT2D eigenvalue weighted by molar-refractivity contribution is 7.89. The molecule has 2 rings (SSSR count). The number of rotatable bonds is 7. The van der Waals surface area contributed by atoms with Gasteiger partial charge in [0.15, 0.2) is 0 Å². The average Bonchev–Trinajstić information content (AvgIpc) is 2.66. The van der Waals surface area contributed by atoms with Crippen LogP contribution in [-0.2, 0) is 24.3 Å². The summed E-state index contributed by atoms with van der Waals surface area (Å²) < 4.78 is 44.4. The molecule has 1 aliphatic rings. The smallest absolute Gasteiger partial charge is 0.328 e. The Kier molecular flexibility index (Phi) is 7.54. The molecule has 0 saturated carbocycles. The molecular formula is C19H27FN2O5S. The van der Waals surface area contributed by atoms with E-state index in [2.05, 4.69) is 5.32 Å². The minimum absolute atomic E-state index is 0.0273. The molecule has 28 heavy (non-hydrogen) atoms. The lowest BCUT2D eigenvalue weighted by molar-refractivity contribution is -0.146. The number of ether oxygens (including phenoxy) is 1. The third-order valence-electron chi connectivity index (χ3n) is 4.79. The van der Waals surface area contributed by atoms with Crippen molar-refractivity contribution in [2.45, 2.75) is 44.0 Å². The number of esters is 1. The van der Waals surface area contributed by atoms with E-state index in [4.69, 9.17) is 4.74 Å². The fraction of sp³-hybridized carbons (Fsp3) is 0.579. The summed E-state index contributed by atoms with van der Waals surface area (Å²) in [7, 11) is -2.45. The number of hydrogen-bond donors (Lipinski definition) is 1. The lowest BCUT2D eigenvalue weighted by atomic mass is 9.96. The van der Waals surface area contributed by atoms with Gasteiger partial charge in [0.25, 0.3) is 0 Å². The Labute approximate surface area is 165 Å². The van der Waals surface area contributed by atoms with Gasteiger partial charge in [0.1, 0.15) is 11.9 Å². The van der Waals surface area contributed by atoms with Crippen LogP contribution < -0.4 is 5.32 Å². The molecule has 1 heterocycles. The topological polar surface area (TPSA) is 92.8 Å². The van der Waals surface area contributed by atoms with Crippen LogP contribution in [0.1, 0.15) is 33.1 Å². The lowest BCUT2D eigenvalue weighted by Gasteiger charge is -2.31. The summed E-state index contributed by atoms with van der Waals surface area (Å²) in [6, 6.07) is 3.97.